The number of halogens is 1. The fraction of sp³-hybridized carbons (Fsp3) is 0.471. The third-order valence-corrected chi connectivity index (χ3v) is 4.04. The number of benzene rings is 1. The molecule has 0 heterocycles. The van der Waals surface area contributed by atoms with Gasteiger partial charge < -0.3 is 10.0 Å². The van der Waals surface area contributed by atoms with Crippen molar-refractivity contribution in [2.24, 2.45) is 11.8 Å². The van der Waals surface area contributed by atoms with Gasteiger partial charge in [0.15, 0.2) is 0 Å². The van der Waals surface area contributed by atoms with E-state index in [-0.39, 0.29) is 5.82 Å². The second-order valence-corrected chi connectivity index (χ2v) is 6.21. The van der Waals surface area contributed by atoms with E-state index in [0.717, 1.165) is 36.7 Å². The van der Waals surface area contributed by atoms with Crippen molar-refractivity contribution >= 4 is 17.7 Å². The summed E-state index contributed by atoms with van der Waals surface area (Å²) in [4.78, 5) is 12.9. The third kappa shape index (κ3) is 4.31. The van der Waals surface area contributed by atoms with Gasteiger partial charge in [-0.05, 0) is 67.4 Å². The lowest BCUT2D eigenvalue weighted by Crippen LogP contribution is -2.28. The van der Waals surface area contributed by atoms with Gasteiger partial charge in [0.05, 0.1) is 0 Å². The molecule has 0 unspecified atom stereocenters. The van der Waals surface area contributed by atoms with Crippen LogP contribution in [0.1, 0.15) is 31.2 Å². The largest absolute Gasteiger partial charge is 0.478 e. The SMILES string of the molecule is O=C(O)/C=C/c1cc(F)cc(N(CC2CC2)CC2CC2)c1. The molecule has 0 aliphatic heterocycles. The van der Waals surface area contributed by atoms with Crippen LogP contribution in [0.5, 0.6) is 0 Å². The molecule has 1 aromatic carbocycles. The molecule has 4 heteroatoms. The molecule has 0 atom stereocenters. The predicted molar refractivity (Wildman–Crippen MR) is 80.7 cm³/mol. The summed E-state index contributed by atoms with van der Waals surface area (Å²) >= 11 is 0. The van der Waals surface area contributed by atoms with E-state index in [1.54, 1.807) is 6.07 Å². The Morgan fingerprint density at radius 2 is 1.81 bits per heavy atom. The summed E-state index contributed by atoms with van der Waals surface area (Å²) in [6.07, 6.45) is 7.56. The van der Waals surface area contributed by atoms with Crippen LogP contribution < -0.4 is 4.90 Å². The number of aliphatic carboxylic acids is 1. The standard InChI is InChI=1S/C17H20FNO2/c18-15-7-14(5-6-17(20)21)8-16(9-15)19(10-12-1-2-12)11-13-3-4-13/h5-9,12-13H,1-4,10-11H2,(H,20,21)/b6-5+. The molecule has 0 amide bonds. The van der Waals surface area contributed by atoms with Crippen molar-refractivity contribution < 1.29 is 14.3 Å². The van der Waals surface area contributed by atoms with E-state index in [9.17, 15) is 9.18 Å². The highest BCUT2D eigenvalue weighted by Crippen LogP contribution is 2.36. The van der Waals surface area contributed by atoms with E-state index in [4.69, 9.17) is 5.11 Å². The van der Waals surface area contributed by atoms with Crippen LogP contribution in [0, 0.1) is 17.7 Å². The maximum absolute atomic E-state index is 13.8. The van der Waals surface area contributed by atoms with Crippen LogP contribution in [0.25, 0.3) is 6.08 Å². The fourth-order valence-electron chi connectivity index (χ4n) is 2.55. The van der Waals surface area contributed by atoms with Gasteiger partial charge in [-0.1, -0.05) is 0 Å². The summed E-state index contributed by atoms with van der Waals surface area (Å²) in [5, 5.41) is 8.69. The Morgan fingerprint density at radius 3 is 2.33 bits per heavy atom. The molecule has 3 nitrogen and oxygen atoms in total. The highest BCUT2D eigenvalue weighted by molar-refractivity contribution is 5.85. The van der Waals surface area contributed by atoms with Crippen LogP contribution in [-0.2, 0) is 4.79 Å². The summed E-state index contributed by atoms with van der Waals surface area (Å²) in [7, 11) is 0. The Labute approximate surface area is 124 Å². The van der Waals surface area contributed by atoms with E-state index in [2.05, 4.69) is 4.90 Å². The molecule has 1 N–H and O–H groups in total. The maximum atomic E-state index is 13.8. The molecule has 2 saturated carbocycles. The highest BCUT2D eigenvalue weighted by atomic mass is 19.1. The quantitative estimate of drug-likeness (QED) is 0.780. The van der Waals surface area contributed by atoms with Gasteiger partial charge in [-0.2, -0.15) is 0 Å². The lowest BCUT2D eigenvalue weighted by Gasteiger charge is -2.25. The molecule has 21 heavy (non-hydrogen) atoms. The number of nitrogens with zero attached hydrogens (tertiary/aromatic N) is 1. The Kier molecular flexibility index (Phi) is 3.95. The molecule has 2 fully saturated rings. The minimum atomic E-state index is -1.02. The van der Waals surface area contributed by atoms with Crippen molar-refractivity contribution in [2.45, 2.75) is 25.7 Å². The lowest BCUT2D eigenvalue weighted by atomic mass is 10.1. The normalized spacial score (nSPS) is 18.1. The van der Waals surface area contributed by atoms with E-state index < -0.39 is 5.97 Å². The first kappa shape index (κ1) is 14.1. The lowest BCUT2D eigenvalue weighted by molar-refractivity contribution is -0.131. The molecule has 0 radical (unpaired) electrons. The van der Waals surface area contributed by atoms with Gasteiger partial charge in [0.1, 0.15) is 5.82 Å². The van der Waals surface area contributed by atoms with Crippen molar-refractivity contribution in [1.29, 1.82) is 0 Å². The molecule has 0 aromatic heterocycles. The first-order chi connectivity index (χ1) is 10.1. The van der Waals surface area contributed by atoms with Crippen LogP contribution in [0.15, 0.2) is 24.3 Å². The first-order valence-electron chi connectivity index (χ1n) is 7.56. The van der Waals surface area contributed by atoms with Crippen molar-refractivity contribution in [2.75, 3.05) is 18.0 Å². The molecule has 2 aliphatic carbocycles. The molecule has 3 rings (SSSR count). The zero-order valence-corrected chi connectivity index (χ0v) is 12.0. The first-order valence-corrected chi connectivity index (χ1v) is 7.56. The molecule has 1 aromatic rings. The average Bonchev–Trinajstić information content (AvgIpc) is 3.30. The highest BCUT2D eigenvalue weighted by Gasteiger charge is 2.29. The van der Waals surface area contributed by atoms with Crippen molar-refractivity contribution in [3.05, 3.63) is 35.7 Å². The summed E-state index contributed by atoms with van der Waals surface area (Å²) in [6.45, 7) is 1.98. The number of rotatable bonds is 7. The maximum Gasteiger partial charge on any atom is 0.328 e. The second-order valence-electron chi connectivity index (χ2n) is 6.21. The molecule has 0 spiro atoms. The van der Waals surface area contributed by atoms with Crippen molar-refractivity contribution in [1.82, 2.24) is 0 Å². The van der Waals surface area contributed by atoms with Gasteiger partial charge in [0.25, 0.3) is 0 Å². The summed E-state index contributed by atoms with van der Waals surface area (Å²) in [5.41, 5.74) is 1.47. The molecule has 112 valence electrons. The number of anilines is 1. The number of carboxylic acid groups (broad SMARTS) is 1. The van der Waals surface area contributed by atoms with Gasteiger partial charge in [-0.25, -0.2) is 9.18 Å². The number of hydrogen-bond acceptors (Lipinski definition) is 2. The molecule has 0 saturated heterocycles. The summed E-state index contributed by atoms with van der Waals surface area (Å²) < 4.78 is 13.8. The van der Waals surface area contributed by atoms with Crippen LogP contribution in [-0.4, -0.2) is 24.2 Å². The predicted octanol–water partition coefficient (Wildman–Crippen LogP) is 3.55. The Morgan fingerprint density at radius 1 is 1.19 bits per heavy atom. The van der Waals surface area contributed by atoms with Gasteiger partial charge >= 0.3 is 5.97 Å². The minimum absolute atomic E-state index is 0.311. The Balaban J connectivity index is 1.80. The molecular formula is C17H20FNO2. The molecule has 0 bridgehead atoms. The summed E-state index contributed by atoms with van der Waals surface area (Å²) in [5.74, 6) is 0.151. The van der Waals surface area contributed by atoms with Gasteiger partial charge in [0.2, 0.25) is 0 Å². The number of hydrogen-bond donors (Lipinski definition) is 1. The smallest absolute Gasteiger partial charge is 0.328 e. The average molecular weight is 289 g/mol. The van der Waals surface area contributed by atoms with Crippen molar-refractivity contribution in [3.63, 3.8) is 0 Å². The minimum Gasteiger partial charge on any atom is -0.478 e. The summed E-state index contributed by atoms with van der Waals surface area (Å²) in [6, 6.07) is 4.81. The van der Waals surface area contributed by atoms with Gasteiger partial charge in [0, 0.05) is 24.9 Å². The van der Waals surface area contributed by atoms with E-state index in [0.29, 0.717) is 5.56 Å². The van der Waals surface area contributed by atoms with Crippen LogP contribution in [0.3, 0.4) is 0 Å². The van der Waals surface area contributed by atoms with E-state index in [1.165, 1.54) is 37.8 Å². The number of carbonyl (C=O) groups is 1. The zero-order chi connectivity index (χ0) is 14.8. The van der Waals surface area contributed by atoms with Gasteiger partial charge in [-0.15, -0.1) is 0 Å². The Bertz CT molecular complexity index is 548. The fourth-order valence-corrected chi connectivity index (χ4v) is 2.55. The number of carboxylic acids is 1. The van der Waals surface area contributed by atoms with E-state index in [1.807, 2.05) is 6.07 Å². The van der Waals surface area contributed by atoms with E-state index >= 15 is 0 Å². The van der Waals surface area contributed by atoms with Crippen LogP contribution >= 0.6 is 0 Å². The van der Waals surface area contributed by atoms with Gasteiger partial charge in [-0.3, -0.25) is 0 Å². The molecular weight excluding hydrogens is 269 g/mol. The zero-order valence-electron chi connectivity index (χ0n) is 12.0. The molecule has 2 aliphatic rings. The third-order valence-electron chi connectivity index (χ3n) is 4.04. The second kappa shape index (κ2) is 5.88. The van der Waals surface area contributed by atoms with Crippen LogP contribution in [0.2, 0.25) is 0 Å². The van der Waals surface area contributed by atoms with Crippen molar-refractivity contribution in [3.8, 4) is 0 Å². The topological polar surface area (TPSA) is 40.5 Å². The Hall–Kier alpha value is -1.84. The van der Waals surface area contributed by atoms with Crippen LogP contribution in [0.4, 0.5) is 10.1 Å². The monoisotopic (exact) mass is 289 g/mol.